The van der Waals surface area contributed by atoms with E-state index in [1.807, 2.05) is 0 Å². The van der Waals surface area contributed by atoms with Crippen molar-refractivity contribution in [2.45, 2.75) is 42.9 Å². The zero-order chi connectivity index (χ0) is 14.8. The summed E-state index contributed by atoms with van der Waals surface area (Å²) < 4.78 is 7.63. The normalized spacial score (nSPS) is 39.0. The third-order valence-corrected chi connectivity index (χ3v) is 4.54. The van der Waals surface area contributed by atoms with Gasteiger partial charge < -0.3 is 31.0 Å². The molecule has 2 aliphatic rings. The van der Waals surface area contributed by atoms with E-state index >= 15 is 0 Å². The minimum atomic E-state index is -1.04. The second-order valence-corrected chi connectivity index (χ2v) is 5.90. The zero-order valence-corrected chi connectivity index (χ0v) is 11.3. The van der Waals surface area contributed by atoms with E-state index in [1.165, 1.54) is 6.33 Å². The van der Waals surface area contributed by atoms with Crippen LogP contribution in [0.3, 0.4) is 0 Å². The lowest BCUT2D eigenvalue weighted by Crippen LogP contribution is -2.58. The molecule has 6 N–H and O–H groups in total. The van der Waals surface area contributed by atoms with Gasteiger partial charge in [-0.1, -0.05) is 0 Å². The van der Waals surface area contributed by atoms with Crippen molar-refractivity contribution >= 4 is 16.9 Å². The van der Waals surface area contributed by atoms with E-state index in [4.69, 9.17) is 16.2 Å². The van der Waals surface area contributed by atoms with Crippen LogP contribution in [0.2, 0.25) is 0 Å². The summed E-state index contributed by atoms with van der Waals surface area (Å²) in [4.78, 5) is 8.12. The number of hydrogen-bond donors (Lipinski definition) is 4. The molecule has 8 nitrogen and oxygen atoms in total. The van der Waals surface area contributed by atoms with Crippen LogP contribution in [0.15, 0.2) is 18.6 Å². The maximum Gasteiger partial charge on any atom is 0.164 e. The average molecular weight is 291 g/mol. The third kappa shape index (κ3) is 1.64. The number of aliphatic hydroxyl groups excluding tert-OH is 2. The second-order valence-electron chi connectivity index (χ2n) is 5.90. The van der Waals surface area contributed by atoms with Gasteiger partial charge in [-0.25, -0.2) is 9.97 Å². The Morgan fingerprint density at radius 3 is 2.81 bits per heavy atom. The predicted octanol–water partition coefficient (Wildman–Crippen LogP) is -0.876. The minimum absolute atomic E-state index is 0.00461. The standard InChI is InChI=1S/C13H17N5O3/c14-6-3-13(4-6)9(20)8(19)12(21-13)18-2-1-7-10(15)16-5-17-11(7)18/h1-2,5-6,8-9,12,19-20H,3-4,14H2,(H2,15,16,17)/t6?,8-,9+,12-,13?/m1/s1. The van der Waals surface area contributed by atoms with E-state index in [2.05, 4.69) is 9.97 Å². The van der Waals surface area contributed by atoms with Gasteiger partial charge in [-0.05, 0) is 18.9 Å². The van der Waals surface area contributed by atoms with E-state index in [0.29, 0.717) is 29.7 Å². The van der Waals surface area contributed by atoms with Crippen LogP contribution in [0.4, 0.5) is 5.82 Å². The van der Waals surface area contributed by atoms with E-state index in [0.717, 1.165) is 0 Å². The number of nitrogens with two attached hydrogens (primary N) is 2. The van der Waals surface area contributed by atoms with Crippen LogP contribution in [-0.2, 0) is 4.74 Å². The van der Waals surface area contributed by atoms with Gasteiger partial charge in [0.1, 0.15) is 35.6 Å². The molecule has 0 amide bonds. The molecule has 0 unspecified atom stereocenters. The SMILES string of the molecule is Nc1ncnc2c1ccn2[C@@H]1OC2(CC(N)C2)[C@@H](O)[C@H]1O. The largest absolute Gasteiger partial charge is 0.387 e. The van der Waals surface area contributed by atoms with Crippen LogP contribution >= 0.6 is 0 Å². The van der Waals surface area contributed by atoms with Crippen molar-refractivity contribution in [3.8, 4) is 0 Å². The molecule has 0 radical (unpaired) electrons. The Kier molecular flexibility index (Phi) is 2.55. The zero-order valence-electron chi connectivity index (χ0n) is 11.3. The first-order valence-electron chi connectivity index (χ1n) is 6.88. The first-order valence-corrected chi connectivity index (χ1v) is 6.88. The van der Waals surface area contributed by atoms with Gasteiger partial charge in [0.05, 0.1) is 5.39 Å². The van der Waals surface area contributed by atoms with Crippen molar-refractivity contribution in [3.63, 3.8) is 0 Å². The van der Waals surface area contributed by atoms with Crippen LogP contribution in [0.25, 0.3) is 11.0 Å². The molecule has 1 saturated carbocycles. The van der Waals surface area contributed by atoms with E-state index in [-0.39, 0.29) is 6.04 Å². The third-order valence-electron chi connectivity index (χ3n) is 4.54. The van der Waals surface area contributed by atoms with Gasteiger partial charge in [0, 0.05) is 12.2 Å². The molecule has 112 valence electrons. The van der Waals surface area contributed by atoms with Crippen molar-refractivity contribution in [2.24, 2.45) is 5.73 Å². The molecular weight excluding hydrogens is 274 g/mol. The number of anilines is 1. The number of hydrogen-bond acceptors (Lipinski definition) is 7. The first kappa shape index (κ1) is 13.0. The number of aliphatic hydroxyl groups is 2. The molecule has 2 aromatic rings. The maximum absolute atomic E-state index is 10.3. The Balaban J connectivity index is 1.74. The fourth-order valence-electron chi connectivity index (χ4n) is 3.43. The lowest BCUT2D eigenvalue weighted by molar-refractivity contribution is -0.153. The van der Waals surface area contributed by atoms with E-state index in [9.17, 15) is 10.2 Å². The van der Waals surface area contributed by atoms with E-state index < -0.39 is 24.0 Å². The molecule has 4 rings (SSSR count). The van der Waals surface area contributed by atoms with Crippen molar-refractivity contribution in [3.05, 3.63) is 18.6 Å². The van der Waals surface area contributed by atoms with Crippen LogP contribution in [0.5, 0.6) is 0 Å². The maximum atomic E-state index is 10.3. The summed E-state index contributed by atoms with van der Waals surface area (Å²) in [6.45, 7) is 0. The highest BCUT2D eigenvalue weighted by molar-refractivity contribution is 5.86. The summed E-state index contributed by atoms with van der Waals surface area (Å²) in [5.41, 5.74) is 11.4. The van der Waals surface area contributed by atoms with Gasteiger partial charge in [-0.2, -0.15) is 0 Å². The molecule has 3 heterocycles. The fraction of sp³-hybridized carbons (Fsp3) is 0.538. The number of nitrogens with zero attached hydrogens (tertiary/aromatic N) is 3. The number of nitrogen functional groups attached to an aromatic ring is 1. The summed E-state index contributed by atoms with van der Waals surface area (Å²) in [5, 5.41) is 21.3. The Labute approximate surface area is 120 Å². The molecule has 1 aliphatic heterocycles. The van der Waals surface area contributed by atoms with Crippen molar-refractivity contribution in [1.82, 2.24) is 14.5 Å². The fourth-order valence-corrected chi connectivity index (χ4v) is 3.43. The molecule has 0 aromatic carbocycles. The van der Waals surface area contributed by atoms with Crippen LogP contribution in [0.1, 0.15) is 19.1 Å². The van der Waals surface area contributed by atoms with E-state index in [1.54, 1.807) is 16.8 Å². The highest BCUT2D eigenvalue weighted by Gasteiger charge is 2.60. The van der Waals surface area contributed by atoms with Gasteiger partial charge >= 0.3 is 0 Å². The van der Waals surface area contributed by atoms with Crippen molar-refractivity contribution in [2.75, 3.05) is 5.73 Å². The lowest BCUT2D eigenvalue weighted by atomic mass is 9.72. The summed E-state index contributed by atoms with van der Waals surface area (Å²) >= 11 is 0. The highest BCUT2D eigenvalue weighted by Crippen LogP contribution is 2.49. The molecule has 1 saturated heterocycles. The van der Waals surface area contributed by atoms with Gasteiger partial charge in [-0.15, -0.1) is 0 Å². The summed E-state index contributed by atoms with van der Waals surface area (Å²) in [5.74, 6) is 0.368. The molecule has 3 atom stereocenters. The molecule has 2 fully saturated rings. The van der Waals surface area contributed by atoms with Gasteiger partial charge in [0.2, 0.25) is 0 Å². The average Bonchev–Trinajstić information content (AvgIpc) is 2.95. The predicted molar refractivity (Wildman–Crippen MR) is 74.0 cm³/mol. The molecule has 21 heavy (non-hydrogen) atoms. The molecular formula is C13H17N5O3. The monoisotopic (exact) mass is 291 g/mol. The first-order chi connectivity index (χ1) is 10.0. The Bertz CT molecular complexity index is 696. The number of fused-ring (bicyclic) bond motifs is 1. The Morgan fingerprint density at radius 2 is 2.10 bits per heavy atom. The smallest absolute Gasteiger partial charge is 0.164 e. The summed E-state index contributed by atoms with van der Waals surface area (Å²) in [7, 11) is 0. The molecule has 0 bridgehead atoms. The van der Waals surface area contributed by atoms with Crippen LogP contribution in [-0.4, -0.2) is 48.6 Å². The molecule has 2 aromatic heterocycles. The highest BCUT2D eigenvalue weighted by atomic mass is 16.6. The van der Waals surface area contributed by atoms with Crippen molar-refractivity contribution in [1.29, 1.82) is 0 Å². The second kappa shape index (κ2) is 4.14. The molecule has 1 aliphatic carbocycles. The molecule has 8 heteroatoms. The van der Waals surface area contributed by atoms with Crippen molar-refractivity contribution < 1.29 is 14.9 Å². The van der Waals surface area contributed by atoms with Gasteiger partial charge in [-0.3, -0.25) is 0 Å². The number of ether oxygens (including phenoxy) is 1. The minimum Gasteiger partial charge on any atom is -0.387 e. The van der Waals surface area contributed by atoms with Crippen LogP contribution in [0, 0.1) is 0 Å². The number of aromatic nitrogens is 3. The Morgan fingerprint density at radius 1 is 1.33 bits per heavy atom. The summed E-state index contributed by atoms with van der Waals surface area (Å²) in [6, 6.07) is 1.77. The van der Waals surface area contributed by atoms with Gasteiger partial charge in [0.25, 0.3) is 0 Å². The Hall–Kier alpha value is -1.74. The van der Waals surface area contributed by atoms with Crippen LogP contribution < -0.4 is 11.5 Å². The van der Waals surface area contributed by atoms with Gasteiger partial charge in [0.15, 0.2) is 6.23 Å². The molecule has 1 spiro atoms. The quantitative estimate of drug-likeness (QED) is 0.536. The number of rotatable bonds is 1. The summed E-state index contributed by atoms with van der Waals surface area (Å²) in [6.07, 6.45) is 1.47. The topological polar surface area (TPSA) is 132 Å². The lowest BCUT2D eigenvalue weighted by Gasteiger charge is -2.44.